The molecule has 5 aliphatic carbocycles. The highest BCUT2D eigenvalue weighted by atomic mass is 16.2. The molecular formula is C57H53NO. The summed E-state index contributed by atoms with van der Waals surface area (Å²) in [6, 6.07) is 28.3. The summed E-state index contributed by atoms with van der Waals surface area (Å²) in [6.45, 7) is 4.86. The third-order valence-corrected chi connectivity index (χ3v) is 11.9. The van der Waals surface area contributed by atoms with E-state index in [2.05, 4.69) is 206 Å². The van der Waals surface area contributed by atoms with Gasteiger partial charge in [-0.05, 0) is 97.7 Å². The van der Waals surface area contributed by atoms with Crippen molar-refractivity contribution in [1.82, 2.24) is 5.32 Å². The van der Waals surface area contributed by atoms with Gasteiger partial charge in [0.15, 0.2) is 0 Å². The second kappa shape index (κ2) is 18.3. The molecule has 5 aliphatic rings. The van der Waals surface area contributed by atoms with Crippen LogP contribution in [-0.2, 0) is 11.8 Å². The summed E-state index contributed by atoms with van der Waals surface area (Å²) in [4.78, 5) is 0. The van der Waals surface area contributed by atoms with Crippen LogP contribution in [0.1, 0.15) is 49.8 Å². The lowest BCUT2D eigenvalue weighted by Crippen LogP contribution is -2.33. The van der Waals surface area contributed by atoms with E-state index in [1.807, 2.05) is 13.8 Å². The van der Waals surface area contributed by atoms with Crippen LogP contribution in [0.5, 0.6) is 0 Å². The van der Waals surface area contributed by atoms with Crippen molar-refractivity contribution in [2.75, 3.05) is 6.54 Å². The molecule has 9 rings (SSSR count). The smallest absolute Gasteiger partial charge is 0.0839 e. The van der Waals surface area contributed by atoms with Gasteiger partial charge >= 0.3 is 0 Å². The normalized spacial score (nSPS) is 25.6. The zero-order valence-electron chi connectivity index (χ0n) is 34.2. The number of allylic oxidation sites excluding steroid dienone is 24. The molecule has 4 aromatic rings. The molecule has 0 saturated carbocycles. The van der Waals surface area contributed by atoms with Gasteiger partial charge in [0.1, 0.15) is 0 Å². The summed E-state index contributed by atoms with van der Waals surface area (Å²) in [5.74, 6) is 0.446. The summed E-state index contributed by atoms with van der Waals surface area (Å²) in [5.41, 5.74) is 11.0. The second-order valence-electron chi connectivity index (χ2n) is 15.2. The van der Waals surface area contributed by atoms with Gasteiger partial charge in [0, 0.05) is 17.8 Å². The van der Waals surface area contributed by atoms with Crippen LogP contribution >= 0.6 is 0 Å². The topological polar surface area (TPSA) is 32.3 Å². The van der Waals surface area contributed by atoms with Gasteiger partial charge in [-0.2, -0.15) is 0 Å². The van der Waals surface area contributed by atoms with Gasteiger partial charge in [-0.3, -0.25) is 0 Å². The average Bonchev–Trinajstić information content (AvgIpc) is 3.58. The standard InChI is InChI=1S/C55H47NO.C2H6/c57-39-44-28-13-10-24-42-25-12-19-34-50(42)55(44)51-35-9-3-8-26-43(52(37-36-40-20-4-1-5-21-40)56-38-41-22-6-2-7-23-41)27-11-14-33-49(51)53-47-31-17-15-29-45(47)46-30-16-18-32-48(46)54(53)55;1-2/h1-18,20-22,24-33,35,37,39,41,56-57H,19,23,34,36,38H2;1-2H3/b8-3+,9-3?,14-11?,24-10-,26-8?,27-11-,28-13-,33-14-,35-9+,43-26+,43-27?,44-39-,49-33?,51-35?,52-37-;. The Hall–Kier alpha value is -6.64. The summed E-state index contributed by atoms with van der Waals surface area (Å²) in [6.07, 6.45) is 49.2. The van der Waals surface area contributed by atoms with Gasteiger partial charge in [-0.1, -0.05) is 214 Å². The van der Waals surface area contributed by atoms with Crippen molar-refractivity contribution in [3.05, 3.63) is 257 Å². The van der Waals surface area contributed by atoms with Crippen LogP contribution in [0.25, 0.3) is 27.1 Å². The molecule has 2 unspecified atom stereocenters. The van der Waals surface area contributed by atoms with Crippen molar-refractivity contribution >= 4 is 27.1 Å². The van der Waals surface area contributed by atoms with Crippen LogP contribution in [-0.4, -0.2) is 11.7 Å². The van der Waals surface area contributed by atoms with E-state index in [0.29, 0.717) is 5.92 Å². The molecule has 0 saturated heterocycles. The predicted molar refractivity (Wildman–Crippen MR) is 253 cm³/mol. The maximum absolute atomic E-state index is 11.4. The number of rotatable bonds is 6. The number of hydrogen-bond acceptors (Lipinski definition) is 2. The Balaban J connectivity index is 0.00000238. The molecule has 0 aromatic heterocycles. The first-order valence-electron chi connectivity index (χ1n) is 21.3. The van der Waals surface area contributed by atoms with E-state index in [9.17, 15) is 5.11 Å². The zero-order valence-corrected chi connectivity index (χ0v) is 34.2. The molecule has 0 fully saturated rings. The summed E-state index contributed by atoms with van der Waals surface area (Å²) in [5, 5.41) is 20.1. The Morgan fingerprint density at radius 3 is 2.20 bits per heavy atom. The first-order valence-corrected chi connectivity index (χ1v) is 21.3. The molecule has 2 atom stereocenters. The van der Waals surface area contributed by atoms with E-state index in [1.54, 1.807) is 0 Å². The number of benzene rings is 4. The lowest BCUT2D eigenvalue weighted by atomic mass is 9.61. The summed E-state index contributed by atoms with van der Waals surface area (Å²) >= 11 is 0. The molecular weight excluding hydrogens is 715 g/mol. The van der Waals surface area contributed by atoms with Crippen LogP contribution < -0.4 is 5.32 Å². The fraction of sp³-hybridized carbons (Fsp3) is 0.158. The molecule has 0 aliphatic heterocycles. The van der Waals surface area contributed by atoms with Gasteiger partial charge in [0.05, 0.1) is 11.7 Å². The van der Waals surface area contributed by atoms with E-state index in [1.165, 1.54) is 66.8 Å². The molecule has 0 bridgehead atoms. The summed E-state index contributed by atoms with van der Waals surface area (Å²) < 4.78 is 0. The van der Waals surface area contributed by atoms with Gasteiger partial charge in [0.25, 0.3) is 0 Å². The molecule has 0 heterocycles. The van der Waals surface area contributed by atoms with Crippen LogP contribution in [0.2, 0.25) is 0 Å². The van der Waals surface area contributed by atoms with E-state index in [4.69, 9.17) is 0 Å². The number of fused-ring (bicyclic) bond motifs is 10. The minimum atomic E-state index is -0.728. The van der Waals surface area contributed by atoms with Crippen molar-refractivity contribution in [2.45, 2.75) is 44.9 Å². The first-order chi connectivity index (χ1) is 29.3. The van der Waals surface area contributed by atoms with Crippen molar-refractivity contribution in [1.29, 1.82) is 0 Å². The third kappa shape index (κ3) is 7.59. The maximum atomic E-state index is 11.4. The largest absolute Gasteiger partial charge is 0.515 e. The average molecular weight is 768 g/mol. The van der Waals surface area contributed by atoms with Crippen LogP contribution in [0.3, 0.4) is 0 Å². The molecule has 0 amide bonds. The minimum absolute atomic E-state index is 0.446. The highest BCUT2D eigenvalue weighted by molar-refractivity contribution is 6.18. The number of aliphatic hydroxyl groups is 1. The molecule has 292 valence electrons. The fourth-order valence-corrected chi connectivity index (χ4v) is 9.36. The first kappa shape index (κ1) is 39.2. The van der Waals surface area contributed by atoms with Crippen molar-refractivity contribution in [2.24, 2.45) is 5.92 Å². The van der Waals surface area contributed by atoms with Crippen molar-refractivity contribution in [3.63, 3.8) is 0 Å². The predicted octanol–water partition coefficient (Wildman–Crippen LogP) is 14.3. The van der Waals surface area contributed by atoms with Crippen LogP contribution in [0.4, 0.5) is 0 Å². The van der Waals surface area contributed by atoms with Crippen molar-refractivity contribution in [3.8, 4) is 0 Å². The second-order valence-corrected chi connectivity index (χ2v) is 15.2. The monoisotopic (exact) mass is 767 g/mol. The van der Waals surface area contributed by atoms with E-state index >= 15 is 0 Å². The number of aliphatic hydroxyl groups excluding tert-OH is 1. The Kier molecular flexibility index (Phi) is 12.2. The highest BCUT2D eigenvalue weighted by Gasteiger charge is 2.51. The van der Waals surface area contributed by atoms with Crippen LogP contribution in [0.15, 0.2) is 240 Å². The Labute approximate surface area is 350 Å². The Bertz CT molecular complexity index is 2670. The fourth-order valence-electron chi connectivity index (χ4n) is 9.36. The minimum Gasteiger partial charge on any atom is -0.515 e. The van der Waals surface area contributed by atoms with Gasteiger partial charge in [-0.25, -0.2) is 0 Å². The van der Waals surface area contributed by atoms with Crippen LogP contribution in [0, 0.1) is 5.92 Å². The SMILES string of the molecule is CC.O/C=C1/C=C\C=C/C2=C(CCC=C2)C12C1=C(/C=C\C=C/C(C(=C/Cc3ccccc3)/NCC3C=CC=CC3)=C\C=C\C=C\1)c1c2c2ccccc2c2ccccc12. The third-order valence-electron chi connectivity index (χ3n) is 11.9. The van der Waals surface area contributed by atoms with E-state index < -0.39 is 5.41 Å². The lowest BCUT2D eigenvalue weighted by molar-refractivity contribution is 0.459. The molecule has 4 aromatic carbocycles. The highest BCUT2D eigenvalue weighted by Crippen LogP contribution is 2.61. The molecule has 59 heavy (non-hydrogen) atoms. The molecule has 2 heteroatoms. The van der Waals surface area contributed by atoms with Gasteiger partial charge in [-0.15, -0.1) is 0 Å². The molecule has 2 nitrogen and oxygen atoms in total. The van der Waals surface area contributed by atoms with E-state index in [0.717, 1.165) is 49.1 Å². The Morgan fingerprint density at radius 1 is 0.695 bits per heavy atom. The van der Waals surface area contributed by atoms with Crippen molar-refractivity contribution < 1.29 is 5.11 Å². The number of nitrogens with one attached hydrogen (secondary N) is 1. The zero-order chi connectivity index (χ0) is 40.4. The maximum Gasteiger partial charge on any atom is 0.0839 e. The molecule has 0 radical (unpaired) electrons. The van der Waals surface area contributed by atoms with Gasteiger partial charge < -0.3 is 10.4 Å². The van der Waals surface area contributed by atoms with E-state index in [-0.39, 0.29) is 0 Å². The number of hydrogen-bond donors (Lipinski definition) is 2. The molecule has 2 N–H and O–H groups in total. The molecule has 1 spiro atoms. The quantitative estimate of drug-likeness (QED) is 0.151. The summed E-state index contributed by atoms with van der Waals surface area (Å²) in [7, 11) is 0. The Morgan fingerprint density at radius 2 is 1.41 bits per heavy atom. The lowest BCUT2D eigenvalue weighted by Gasteiger charge is -2.40. The van der Waals surface area contributed by atoms with Gasteiger partial charge in [0.2, 0.25) is 0 Å².